The Morgan fingerprint density at radius 1 is 1.39 bits per heavy atom. The van der Waals surface area contributed by atoms with E-state index in [2.05, 4.69) is 4.72 Å². The molecule has 0 aromatic heterocycles. The van der Waals surface area contributed by atoms with Gasteiger partial charge in [-0.15, -0.1) is 0 Å². The third kappa shape index (κ3) is 3.51. The molecule has 0 atom stereocenters. The minimum atomic E-state index is -3.87. The summed E-state index contributed by atoms with van der Waals surface area (Å²) in [6, 6.07) is 3.86. The van der Waals surface area contributed by atoms with Gasteiger partial charge in [0.1, 0.15) is 10.7 Å². The molecule has 0 heterocycles. The molecule has 0 fully saturated rings. The maximum absolute atomic E-state index is 13.6. The molecule has 1 aromatic rings. The number of hydrogen-bond donors (Lipinski definition) is 2. The summed E-state index contributed by atoms with van der Waals surface area (Å²) in [6.07, 6.45) is 0.602. The van der Waals surface area contributed by atoms with E-state index in [9.17, 15) is 12.8 Å². The molecule has 0 amide bonds. The van der Waals surface area contributed by atoms with Crippen molar-refractivity contribution in [2.24, 2.45) is 5.73 Å². The van der Waals surface area contributed by atoms with Gasteiger partial charge < -0.3 is 5.73 Å². The summed E-state index contributed by atoms with van der Waals surface area (Å²) in [4.78, 5) is -0.355. The zero-order chi connectivity index (χ0) is 14.0. The van der Waals surface area contributed by atoms with Crippen LogP contribution in [0, 0.1) is 5.82 Å². The minimum Gasteiger partial charge on any atom is -0.326 e. The topological polar surface area (TPSA) is 72.2 Å². The second kappa shape index (κ2) is 5.34. The molecule has 0 unspecified atom stereocenters. The molecule has 0 aliphatic rings. The number of hydrogen-bond acceptors (Lipinski definition) is 3. The summed E-state index contributed by atoms with van der Waals surface area (Å²) >= 11 is 0. The Morgan fingerprint density at radius 3 is 2.50 bits per heavy atom. The highest BCUT2D eigenvalue weighted by Gasteiger charge is 2.27. The van der Waals surface area contributed by atoms with Crippen molar-refractivity contribution in [2.75, 3.05) is 0 Å². The van der Waals surface area contributed by atoms with E-state index in [0.717, 1.165) is 6.07 Å². The van der Waals surface area contributed by atoms with Crippen LogP contribution in [0.2, 0.25) is 0 Å². The molecular weight excluding hydrogens is 255 g/mol. The summed E-state index contributed by atoms with van der Waals surface area (Å²) in [7, 11) is -3.87. The third-order valence-electron chi connectivity index (χ3n) is 2.82. The lowest BCUT2D eigenvalue weighted by molar-refractivity contribution is 0.437. The van der Waals surface area contributed by atoms with Gasteiger partial charge in [0, 0.05) is 12.1 Å². The number of nitrogens with two attached hydrogens (primary N) is 1. The average Bonchev–Trinajstić information content (AvgIpc) is 2.28. The zero-order valence-corrected chi connectivity index (χ0v) is 11.6. The van der Waals surface area contributed by atoms with Crippen molar-refractivity contribution in [3.05, 3.63) is 29.6 Å². The van der Waals surface area contributed by atoms with E-state index < -0.39 is 21.4 Å². The van der Waals surface area contributed by atoms with Crippen molar-refractivity contribution in [2.45, 2.75) is 44.2 Å². The summed E-state index contributed by atoms with van der Waals surface area (Å²) in [5, 5.41) is 0. The predicted octanol–water partition coefficient (Wildman–Crippen LogP) is 1.75. The second-order valence-electron chi connectivity index (χ2n) is 4.81. The Balaban J connectivity index is 3.20. The fraction of sp³-hybridized carbons (Fsp3) is 0.500. The van der Waals surface area contributed by atoms with Gasteiger partial charge in [0.05, 0.1) is 0 Å². The summed E-state index contributed by atoms with van der Waals surface area (Å²) in [6.45, 7) is 5.51. The monoisotopic (exact) mass is 274 g/mol. The highest BCUT2D eigenvalue weighted by Crippen LogP contribution is 2.19. The van der Waals surface area contributed by atoms with Crippen LogP contribution < -0.4 is 10.5 Å². The largest absolute Gasteiger partial charge is 0.326 e. The SMILES string of the molecule is CCC(C)(C)NS(=O)(=O)c1cc(CN)ccc1F. The maximum Gasteiger partial charge on any atom is 0.243 e. The standard InChI is InChI=1S/C12H19FN2O2S/c1-4-12(2,3)15-18(16,17)11-7-9(8-14)5-6-10(11)13/h5-7,15H,4,8,14H2,1-3H3. The first kappa shape index (κ1) is 15.1. The number of rotatable bonds is 5. The lowest BCUT2D eigenvalue weighted by atomic mass is 10.0. The number of nitrogens with one attached hydrogen (secondary N) is 1. The van der Waals surface area contributed by atoms with E-state index in [1.54, 1.807) is 13.8 Å². The molecular formula is C12H19FN2O2S. The molecule has 0 saturated carbocycles. The normalized spacial score (nSPS) is 12.7. The molecule has 0 saturated heterocycles. The molecule has 0 aliphatic heterocycles. The van der Waals surface area contributed by atoms with Crippen molar-refractivity contribution in [1.82, 2.24) is 4.72 Å². The van der Waals surface area contributed by atoms with Crippen LogP contribution in [0.25, 0.3) is 0 Å². The van der Waals surface area contributed by atoms with Gasteiger partial charge in [0.2, 0.25) is 10.0 Å². The van der Waals surface area contributed by atoms with Crippen molar-refractivity contribution in [1.29, 1.82) is 0 Å². The van der Waals surface area contributed by atoms with Crippen molar-refractivity contribution in [3.63, 3.8) is 0 Å². The van der Waals surface area contributed by atoms with Crippen molar-refractivity contribution < 1.29 is 12.8 Å². The van der Waals surface area contributed by atoms with E-state index in [-0.39, 0.29) is 11.4 Å². The van der Waals surface area contributed by atoms with Crippen LogP contribution in [-0.4, -0.2) is 14.0 Å². The quantitative estimate of drug-likeness (QED) is 0.859. The lowest BCUT2D eigenvalue weighted by Gasteiger charge is -2.24. The Bertz CT molecular complexity index is 527. The van der Waals surface area contributed by atoms with Crippen molar-refractivity contribution in [3.8, 4) is 0 Å². The maximum atomic E-state index is 13.6. The molecule has 6 heteroatoms. The first-order chi connectivity index (χ1) is 8.22. The highest BCUT2D eigenvalue weighted by atomic mass is 32.2. The van der Waals surface area contributed by atoms with E-state index in [0.29, 0.717) is 12.0 Å². The predicted molar refractivity (Wildman–Crippen MR) is 69.0 cm³/mol. The van der Waals surface area contributed by atoms with Crippen LogP contribution in [0.4, 0.5) is 4.39 Å². The van der Waals surface area contributed by atoms with Crippen LogP contribution >= 0.6 is 0 Å². The minimum absolute atomic E-state index is 0.167. The number of halogens is 1. The van der Waals surface area contributed by atoms with E-state index in [4.69, 9.17) is 5.73 Å². The van der Waals surface area contributed by atoms with E-state index >= 15 is 0 Å². The van der Waals surface area contributed by atoms with Crippen LogP contribution in [0.3, 0.4) is 0 Å². The van der Waals surface area contributed by atoms with Crippen LogP contribution in [0.1, 0.15) is 32.8 Å². The molecule has 4 nitrogen and oxygen atoms in total. The van der Waals surface area contributed by atoms with Gasteiger partial charge in [-0.3, -0.25) is 0 Å². The Labute approximate surface area is 107 Å². The fourth-order valence-electron chi connectivity index (χ4n) is 1.37. The second-order valence-corrected chi connectivity index (χ2v) is 6.46. The Hall–Kier alpha value is -0.980. The first-order valence-corrected chi connectivity index (χ1v) is 7.22. The molecule has 18 heavy (non-hydrogen) atoms. The van der Waals surface area contributed by atoms with Gasteiger partial charge in [0.15, 0.2) is 0 Å². The van der Waals surface area contributed by atoms with Crippen LogP contribution in [-0.2, 0) is 16.6 Å². The fourth-order valence-corrected chi connectivity index (χ4v) is 2.98. The molecule has 0 radical (unpaired) electrons. The average molecular weight is 274 g/mol. The van der Waals surface area contributed by atoms with Gasteiger partial charge in [-0.25, -0.2) is 17.5 Å². The van der Waals surface area contributed by atoms with Crippen molar-refractivity contribution >= 4 is 10.0 Å². The Kier molecular flexibility index (Phi) is 4.47. The summed E-state index contributed by atoms with van der Waals surface area (Å²) in [5.41, 5.74) is 5.38. The van der Waals surface area contributed by atoms with E-state index in [1.807, 2.05) is 6.92 Å². The van der Waals surface area contributed by atoms with Gasteiger partial charge >= 0.3 is 0 Å². The first-order valence-electron chi connectivity index (χ1n) is 5.74. The smallest absolute Gasteiger partial charge is 0.243 e. The van der Waals surface area contributed by atoms with E-state index in [1.165, 1.54) is 12.1 Å². The van der Waals surface area contributed by atoms with Gasteiger partial charge in [-0.2, -0.15) is 0 Å². The summed E-state index contributed by atoms with van der Waals surface area (Å²) < 4.78 is 40.3. The molecule has 0 bridgehead atoms. The number of benzene rings is 1. The zero-order valence-electron chi connectivity index (χ0n) is 10.8. The number of sulfonamides is 1. The molecule has 1 rings (SSSR count). The van der Waals surface area contributed by atoms with Gasteiger partial charge in [-0.05, 0) is 38.0 Å². The lowest BCUT2D eigenvalue weighted by Crippen LogP contribution is -2.42. The molecule has 0 spiro atoms. The summed E-state index contributed by atoms with van der Waals surface area (Å²) in [5.74, 6) is -0.772. The molecule has 102 valence electrons. The third-order valence-corrected chi connectivity index (χ3v) is 4.53. The molecule has 1 aromatic carbocycles. The molecule has 3 N–H and O–H groups in total. The van der Waals surface area contributed by atoms with Crippen LogP contribution in [0.5, 0.6) is 0 Å². The molecule has 0 aliphatic carbocycles. The van der Waals surface area contributed by atoms with Crippen LogP contribution in [0.15, 0.2) is 23.1 Å². The highest BCUT2D eigenvalue weighted by molar-refractivity contribution is 7.89. The van der Waals surface area contributed by atoms with Gasteiger partial charge in [0.25, 0.3) is 0 Å². The van der Waals surface area contributed by atoms with Gasteiger partial charge in [-0.1, -0.05) is 13.0 Å². The Morgan fingerprint density at radius 2 is 2.00 bits per heavy atom.